The van der Waals surface area contributed by atoms with Crippen LogP contribution in [0.1, 0.15) is 48.9 Å². The molecular formula is C20H33ClN4O4. The van der Waals surface area contributed by atoms with Gasteiger partial charge in [0.2, 0.25) is 0 Å². The highest BCUT2D eigenvalue weighted by Gasteiger charge is 2.10. The molecular weight excluding hydrogens is 396 g/mol. The van der Waals surface area contributed by atoms with Crippen molar-refractivity contribution < 1.29 is 19.8 Å². The number of aromatic hydroxyl groups is 1. The molecule has 4 N–H and O–H groups in total. The molecule has 0 aliphatic carbocycles. The van der Waals surface area contributed by atoms with Crippen LogP contribution >= 0.6 is 11.6 Å². The number of hydrogen-bond donors (Lipinski definition) is 4. The molecule has 29 heavy (non-hydrogen) atoms. The lowest BCUT2D eigenvalue weighted by Crippen LogP contribution is -2.33. The van der Waals surface area contributed by atoms with Crippen molar-refractivity contribution >= 4 is 29.4 Å². The number of unbranched alkanes of at least 4 members (excludes halogenated alkanes) is 4. The second kappa shape index (κ2) is 15.4. The van der Waals surface area contributed by atoms with Crippen molar-refractivity contribution in [3.63, 3.8) is 0 Å². The number of carbonyl (C=O) groups excluding carboxylic acids is 1. The zero-order valence-electron chi connectivity index (χ0n) is 17.7. The molecule has 8 nitrogen and oxygen atoms in total. The van der Waals surface area contributed by atoms with E-state index >= 15 is 0 Å². The van der Waals surface area contributed by atoms with Gasteiger partial charge in [0.25, 0.3) is 5.91 Å². The molecule has 0 bridgehead atoms. The summed E-state index contributed by atoms with van der Waals surface area (Å²) >= 11 is 5.78. The fourth-order valence-corrected chi connectivity index (χ4v) is 2.63. The summed E-state index contributed by atoms with van der Waals surface area (Å²) in [6.07, 6.45) is 4.49. The molecule has 0 fully saturated rings. The van der Waals surface area contributed by atoms with Crippen molar-refractivity contribution in [1.29, 1.82) is 0 Å². The lowest BCUT2D eigenvalue weighted by Gasteiger charge is -2.12. The molecule has 0 heterocycles. The topological polar surface area (TPSA) is 114 Å². The molecule has 0 aliphatic heterocycles. The number of carboxylic acids is 1. The number of phenols is 1. The summed E-state index contributed by atoms with van der Waals surface area (Å²) < 4.78 is 0. The molecule has 1 aromatic carbocycles. The van der Waals surface area contributed by atoms with Crippen molar-refractivity contribution in [2.24, 2.45) is 4.99 Å². The first-order valence-electron chi connectivity index (χ1n) is 9.53. The number of halogens is 1. The van der Waals surface area contributed by atoms with Gasteiger partial charge in [0.15, 0.2) is 5.96 Å². The number of nitrogens with one attached hydrogen (secondary N) is 2. The van der Waals surface area contributed by atoms with Crippen LogP contribution < -0.4 is 10.6 Å². The van der Waals surface area contributed by atoms with Crippen molar-refractivity contribution in [3.05, 3.63) is 28.8 Å². The number of nitrogens with zero attached hydrogens (tertiary/aromatic N) is 2. The molecule has 164 valence electrons. The highest BCUT2D eigenvalue weighted by atomic mass is 35.5. The second-order valence-electron chi connectivity index (χ2n) is 6.52. The molecule has 0 saturated carbocycles. The summed E-state index contributed by atoms with van der Waals surface area (Å²) in [5, 5.41) is 24.1. The predicted octanol–water partition coefficient (Wildman–Crippen LogP) is 2.95. The van der Waals surface area contributed by atoms with Crippen molar-refractivity contribution in [3.8, 4) is 5.75 Å². The average molecular weight is 429 g/mol. The zero-order chi connectivity index (χ0) is 22.2. The van der Waals surface area contributed by atoms with E-state index in [2.05, 4.69) is 15.6 Å². The Labute approximate surface area is 178 Å². The van der Waals surface area contributed by atoms with Gasteiger partial charge in [-0.15, -0.1) is 0 Å². The van der Waals surface area contributed by atoms with Crippen LogP contribution in [-0.4, -0.2) is 67.7 Å². The number of rotatable bonds is 9. The molecule has 0 aromatic heterocycles. The van der Waals surface area contributed by atoms with Gasteiger partial charge in [0, 0.05) is 46.2 Å². The number of benzene rings is 1. The largest absolute Gasteiger partial charge is 0.507 e. The lowest BCUT2D eigenvalue weighted by molar-refractivity contribution is -0.137. The molecule has 1 aromatic rings. The summed E-state index contributed by atoms with van der Waals surface area (Å²) in [6, 6.07) is 4.34. The molecule has 0 radical (unpaired) electrons. The molecule has 0 spiro atoms. The van der Waals surface area contributed by atoms with E-state index in [1.54, 1.807) is 7.05 Å². The average Bonchev–Trinajstić information content (AvgIpc) is 2.66. The fraction of sp³-hybridized carbons (Fsp3) is 0.550. The number of guanidine groups is 1. The van der Waals surface area contributed by atoms with E-state index < -0.39 is 5.97 Å². The summed E-state index contributed by atoms with van der Waals surface area (Å²) in [6.45, 7) is 0.518. The number of carbonyl (C=O) groups is 2. The first-order chi connectivity index (χ1) is 13.7. The summed E-state index contributed by atoms with van der Waals surface area (Å²) in [5.41, 5.74) is 0.170. The first-order valence-corrected chi connectivity index (χ1v) is 9.91. The highest BCUT2D eigenvalue weighted by molar-refractivity contribution is 6.31. The Bertz CT molecular complexity index is 666. The maximum absolute atomic E-state index is 11.8. The fourth-order valence-electron chi connectivity index (χ4n) is 2.45. The molecule has 1 rings (SSSR count). The van der Waals surface area contributed by atoms with Gasteiger partial charge in [-0.05, 0) is 31.0 Å². The van der Waals surface area contributed by atoms with Crippen molar-refractivity contribution in [2.45, 2.75) is 38.5 Å². The van der Waals surface area contributed by atoms with Crippen molar-refractivity contribution in [1.82, 2.24) is 15.5 Å². The van der Waals surface area contributed by atoms with Crippen LogP contribution in [0.2, 0.25) is 5.02 Å². The number of hydrogen-bond acceptors (Lipinski definition) is 4. The van der Waals surface area contributed by atoms with Gasteiger partial charge in [-0.1, -0.05) is 30.9 Å². The van der Waals surface area contributed by atoms with E-state index in [1.165, 1.54) is 18.2 Å². The van der Waals surface area contributed by atoms with Crippen LogP contribution in [0.3, 0.4) is 0 Å². The molecule has 9 heteroatoms. The van der Waals surface area contributed by atoms with Crippen LogP contribution in [0.15, 0.2) is 23.2 Å². The van der Waals surface area contributed by atoms with Gasteiger partial charge in [-0.2, -0.15) is 0 Å². The summed E-state index contributed by atoms with van der Waals surface area (Å²) in [7, 11) is 7.49. The van der Waals surface area contributed by atoms with E-state index in [0.717, 1.165) is 31.6 Å². The van der Waals surface area contributed by atoms with Gasteiger partial charge < -0.3 is 25.7 Å². The Morgan fingerprint density at radius 3 is 2.28 bits per heavy atom. The minimum absolute atomic E-state index is 0.0921. The van der Waals surface area contributed by atoms with Gasteiger partial charge in [-0.25, -0.2) is 0 Å². The Morgan fingerprint density at radius 1 is 1.14 bits per heavy atom. The number of phenolic OH excluding ortho intramolecular Hbond substituents is 1. The molecule has 0 aliphatic rings. The van der Waals surface area contributed by atoms with E-state index in [9.17, 15) is 14.7 Å². The van der Waals surface area contributed by atoms with Crippen LogP contribution in [0, 0.1) is 0 Å². The van der Waals surface area contributed by atoms with E-state index in [-0.39, 0.29) is 23.6 Å². The third kappa shape index (κ3) is 12.6. The minimum atomic E-state index is -0.761. The van der Waals surface area contributed by atoms with Crippen LogP contribution in [0.4, 0.5) is 0 Å². The Hall–Kier alpha value is -2.48. The lowest BCUT2D eigenvalue weighted by atomic mass is 10.1. The third-order valence-corrected chi connectivity index (χ3v) is 4.15. The quantitative estimate of drug-likeness (QED) is 0.273. The van der Waals surface area contributed by atoms with Gasteiger partial charge in [0.1, 0.15) is 5.75 Å². The van der Waals surface area contributed by atoms with Crippen LogP contribution in [0.5, 0.6) is 5.75 Å². The molecule has 0 saturated heterocycles. The minimum Gasteiger partial charge on any atom is -0.507 e. The highest BCUT2D eigenvalue weighted by Crippen LogP contribution is 2.21. The number of carboxylic acid groups (broad SMARTS) is 1. The Morgan fingerprint density at radius 2 is 1.76 bits per heavy atom. The van der Waals surface area contributed by atoms with E-state index in [0.29, 0.717) is 18.0 Å². The maximum atomic E-state index is 11.8. The van der Waals surface area contributed by atoms with E-state index in [4.69, 9.17) is 16.7 Å². The SMILES string of the molecule is CN=C(NC)N(C)C.O=C(O)CCCCCCCNC(=O)c1cc(Cl)ccc1O. The van der Waals surface area contributed by atoms with Crippen molar-refractivity contribution in [2.75, 3.05) is 34.7 Å². The number of aliphatic imine (C=N–C) groups is 1. The maximum Gasteiger partial charge on any atom is 0.303 e. The molecule has 0 atom stereocenters. The predicted molar refractivity (Wildman–Crippen MR) is 117 cm³/mol. The smallest absolute Gasteiger partial charge is 0.303 e. The van der Waals surface area contributed by atoms with Gasteiger partial charge in [-0.3, -0.25) is 14.6 Å². The monoisotopic (exact) mass is 428 g/mol. The first kappa shape index (κ1) is 26.5. The Kier molecular flexibility index (Phi) is 14.1. The third-order valence-electron chi connectivity index (χ3n) is 3.92. The molecule has 0 unspecified atom stereocenters. The number of aliphatic carboxylic acids is 1. The normalized spacial score (nSPS) is 10.6. The summed E-state index contributed by atoms with van der Waals surface area (Å²) in [5.74, 6) is -0.306. The number of amides is 1. The summed E-state index contributed by atoms with van der Waals surface area (Å²) in [4.78, 5) is 28.0. The van der Waals surface area contributed by atoms with Gasteiger partial charge in [0.05, 0.1) is 5.56 Å². The van der Waals surface area contributed by atoms with Gasteiger partial charge >= 0.3 is 5.97 Å². The Balaban J connectivity index is 0.000000828. The van der Waals surface area contributed by atoms with E-state index in [1.807, 2.05) is 26.0 Å². The zero-order valence-corrected chi connectivity index (χ0v) is 18.4. The second-order valence-corrected chi connectivity index (χ2v) is 6.96. The standard InChI is InChI=1S/C15H20ClNO4.C5H13N3/c16-11-7-8-13(18)12(10-11)15(21)17-9-5-3-1-2-4-6-14(19)20;1-6-5(7-2)8(3)4/h7-8,10,18H,1-6,9H2,(H,17,21)(H,19,20);1-4H3,(H,6,7). The van der Waals surface area contributed by atoms with Crippen LogP contribution in [-0.2, 0) is 4.79 Å². The molecule has 1 amide bonds. The van der Waals surface area contributed by atoms with Crippen LogP contribution in [0.25, 0.3) is 0 Å².